The molecule has 4 aromatic rings. The summed E-state index contributed by atoms with van der Waals surface area (Å²) in [6.45, 7) is 12.3. The van der Waals surface area contributed by atoms with Crippen LogP contribution in [-0.4, -0.2) is 15.0 Å². The third-order valence-corrected chi connectivity index (χ3v) is 6.31. The molecule has 40 heavy (non-hydrogen) atoms. The molecule has 0 saturated carbocycles. The maximum absolute atomic E-state index is 15.8. The van der Waals surface area contributed by atoms with Gasteiger partial charge in [-0.25, -0.2) is 9.37 Å². The van der Waals surface area contributed by atoms with E-state index in [9.17, 15) is 0 Å². The molecule has 0 amide bonds. The third kappa shape index (κ3) is 7.33. The predicted molar refractivity (Wildman–Crippen MR) is 165 cm³/mol. The SMILES string of the molecule is C#C.C=C(CCCC)Nc1cncc(-c2ccc(N)c(CC(=C)Nc3nccc(-c4ccccn4)c3C)c2F)c1. The topological polar surface area (TPSA) is 88.8 Å². The van der Waals surface area contributed by atoms with Crippen molar-refractivity contribution in [2.75, 3.05) is 16.4 Å². The Kier molecular flexibility index (Phi) is 10.6. The first-order valence-electron chi connectivity index (χ1n) is 13.0. The van der Waals surface area contributed by atoms with Gasteiger partial charge in [0.25, 0.3) is 0 Å². The summed E-state index contributed by atoms with van der Waals surface area (Å²) in [6, 6.07) is 12.9. The minimum absolute atomic E-state index is 0.194. The van der Waals surface area contributed by atoms with E-state index in [2.05, 4.69) is 58.5 Å². The molecular formula is C33H35FN6. The Morgan fingerprint density at radius 3 is 2.50 bits per heavy atom. The number of benzene rings is 1. The van der Waals surface area contributed by atoms with E-state index in [-0.39, 0.29) is 6.42 Å². The van der Waals surface area contributed by atoms with Crippen molar-refractivity contribution in [3.8, 4) is 35.2 Å². The average Bonchev–Trinajstić information content (AvgIpc) is 2.97. The van der Waals surface area contributed by atoms with Crippen molar-refractivity contribution in [1.82, 2.24) is 15.0 Å². The number of unbranched alkanes of at least 4 members (excludes halogenated alkanes) is 1. The van der Waals surface area contributed by atoms with Crippen LogP contribution in [0.4, 0.5) is 21.6 Å². The highest BCUT2D eigenvalue weighted by molar-refractivity contribution is 5.72. The van der Waals surface area contributed by atoms with Gasteiger partial charge in [-0.2, -0.15) is 0 Å². The molecule has 7 heteroatoms. The predicted octanol–water partition coefficient (Wildman–Crippen LogP) is 7.77. The molecular weight excluding hydrogens is 499 g/mol. The number of nitrogen functional groups attached to an aromatic ring is 1. The first-order valence-corrected chi connectivity index (χ1v) is 13.0. The van der Waals surface area contributed by atoms with Gasteiger partial charge in [0.2, 0.25) is 0 Å². The van der Waals surface area contributed by atoms with Crippen LogP contribution in [0.3, 0.4) is 0 Å². The lowest BCUT2D eigenvalue weighted by molar-refractivity contribution is 0.618. The first kappa shape index (κ1) is 29.6. The van der Waals surface area contributed by atoms with Gasteiger partial charge in [0.1, 0.15) is 11.6 Å². The lowest BCUT2D eigenvalue weighted by atomic mass is 9.99. The summed E-state index contributed by atoms with van der Waals surface area (Å²) in [5.74, 6) is 0.239. The van der Waals surface area contributed by atoms with Crippen molar-refractivity contribution < 1.29 is 4.39 Å². The molecule has 0 aliphatic carbocycles. The maximum atomic E-state index is 15.8. The zero-order valence-electron chi connectivity index (χ0n) is 23.0. The molecule has 3 heterocycles. The maximum Gasteiger partial charge on any atom is 0.136 e. The molecule has 0 bridgehead atoms. The van der Waals surface area contributed by atoms with Crippen LogP contribution < -0.4 is 16.4 Å². The van der Waals surface area contributed by atoms with Crippen molar-refractivity contribution in [3.05, 3.63) is 109 Å². The Labute approximate surface area is 236 Å². The Morgan fingerprint density at radius 1 is 0.975 bits per heavy atom. The number of hydrogen-bond donors (Lipinski definition) is 3. The van der Waals surface area contributed by atoms with Gasteiger partial charge in [-0.3, -0.25) is 9.97 Å². The van der Waals surface area contributed by atoms with Gasteiger partial charge < -0.3 is 16.4 Å². The molecule has 0 aliphatic heterocycles. The van der Waals surface area contributed by atoms with Crippen molar-refractivity contribution >= 4 is 17.2 Å². The van der Waals surface area contributed by atoms with E-state index < -0.39 is 5.82 Å². The number of allylic oxidation sites excluding steroid dienone is 2. The van der Waals surface area contributed by atoms with Crippen molar-refractivity contribution in [3.63, 3.8) is 0 Å². The number of hydrogen-bond acceptors (Lipinski definition) is 6. The molecule has 0 atom stereocenters. The number of nitrogens with zero attached hydrogens (tertiary/aromatic N) is 3. The second kappa shape index (κ2) is 14.3. The molecule has 0 unspecified atom stereocenters. The third-order valence-electron chi connectivity index (χ3n) is 6.31. The van der Waals surface area contributed by atoms with Gasteiger partial charge in [0.15, 0.2) is 0 Å². The minimum atomic E-state index is -0.399. The number of rotatable bonds is 11. The van der Waals surface area contributed by atoms with Gasteiger partial charge in [-0.1, -0.05) is 32.6 Å². The number of terminal acetylenes is 1. The normalized spacial score (nSPS) is 10.2. The fraction of sp³-hybridized carbons (Fsp3) is 0.182. The van der Waals surface area contributed by atoms with Crippen molar-refractivity contribution in [2.45, 2.75) is 39.5 Å². The van der Waals surface area contributed by atoms with Crippen LogP contribution in [0.2, 0.25) is 0 Å². The molecule has 204 valence electrons. The quantitative estimate of drug-likeness (QED) is 0.135. The molecule has 4 rings (SSSR count). The highest BCUT2D eigenvalue weighted by Crippen LogP contribution is 2.32. The molecule has 0 fully saturated rings. The summed E-state index contributed by atoms with van der Waals surface area (Å²) in [7, 11) is 0. The van der Waals surface area contributed by atoms with E-state index in [1.807, 2.05) is 37.3 Å². The molecule has 0 aliphatic rings. The standard InChI is InChI=1S/C31H33FN6.C2H2/c1-5-6-9-20(2)37-24-17-23(18-34-19-24)26-11-12-28(33)27(30(26)32)16-21(3)38-31-22(4)25(13-15-36-31)29-10-7-8-14-35-29;1-2/h7-8,10-15,17-19,37H,2-3,5-6,9,16,33H2,1,4H3,(H,36,38);1-2H. The monoisotopic (exact) mass is 534 g/mol. The lowest BCUT2D eigenvalue weighted by Gasteiger charge is -2.16. The molecule has 0 spiro atoms. The zero-order valence-corrected chi connectivity index (χ0v) is 23.0. The second-order valence-corrected chi connectivity index (χ2v) is 9.24. The summed E-state index contributed by atoms with van der Waals surface area (Å²) < 4.78 is 15.8. The van der Waals surface area contributed by atoms with Crippen LogP contribution in [0, 0.1) is 25.6 Å². The van der Waals surface area contributed by atoms with Crippen LogP contribution in [-0.2, 0) is 6.42 Å². The summed E-state index contributed by atoms with van der Waals surface area (Å²) >= 11 is 0. The summed E-state index contributed by atoms with van der Waals surface area (Å²) in [5, 5.41) is 6.52. The molecule has 3 aromatic heterocycles. The van der Waals surface area contributed by atoms with Crippen LogP contribution in [0.15, 0.2) is 91.8 Å². The van der Waals surface area contributed by atoms with Crippen molar-refractivity contribution in [2.24, 2.45) is 0 Å². The summed E-state index contributed by atoms with van der Waals surface area (Å²) in [6.07, 6.45) is 18.0. The Hall–Kier alpha value is -4.96. The van der Waals surface area contributed by atoms with E-state index in [0.717, 1.165) is 47.5 Å². The fourth-order valence-corrected chi connectivity index (χ4v) is 4.24. The Bertz CT molecular complexity index is 1490. The van der Waals surface area contributed by atoms with E-state index in [1.54, 1.807) is 36.9 Å². The molecule has 0 saturated heterocycles. The largest absolute Gasteiger partial charge is 0.398 e. The van der Waals surface area contributed by atoms with Crippen LogP contribution in [0.5, 0.6) is 0 Å². The van der Waals surface area contributed by atoms with Gasteiger partial charge in [0.05, 0.1) is 17.6 Å². The van der Waals surface area contributed by atoms with Gasteiger partial charge in [-0.05, 0) is 56.2 Å². The highest BCUT2D eigenvalue weighted by atomic mass is 19.1. The van der Waals surface area contributed by atoms with Crippen LogP contribution in [0.25, 0.3) is 22.4 Å². The highest BCUT2D eigenvalue weighted by Gasteiger charge is 2.16. The summed E-state index contributed by atoms with van der Waals surface area (Å²) in [5.41, 5.74) is 13.0. The molecule has 1 aromatic carbocycles. The number of pyridine rings is 3. The van der Waals surface area contributed by atoms with Gasteiger partial charge >= 0.3 is 0 Å². The average molecular weight is 535 g/mol. The summed E-state index contributed by atoms with van der Waals surface area (Å²) in [4.78, 5) is 13.2. The van der Waals surface area contributed by atoms with E-state index in [0.29, 0.717) is 33.9 Å². The van der Waals surface area contributed by atoms with E-state index in [4.69, 9.17) is 5.73 Å². The number of aromatic nitrogens is 3. The van der Waals surface area contributed by atoms with Crippen LogP contribution in [0.1, 0.15) is 37.3 Å². The Balaban J connectivity index is 0.00000216. The molecule has 0 radical (unpaired) electrons. The van der Waals surface area contributed by atoms with Gasteiger partial charge in [0, 0.05) is 69.9 Å². The number of halogens is 1. The fourth-order valence-electron chi connectivity index (χ4n) is 4.24. The number of nitrogens with one attached hydrogen (secondary N) is 2. The Morgan fingerprint density at radius 2 is 1.77 bits per heavy atom. The minimum Gasteiger partial charge on any atom is -0.398 e. The smallest absolute Gasteiger partial charge is 0.136 e. The van der Waals surface area contributed by atoms with E-state index in [1.165, 1.54) is 0 Å². The number of anilines is 3. The zero-order chi connectivity index (χ0) is 29.1. The molecule has 6 nitrogen and oxygen atoms in total. The van der Waals surface area contributed by atoms with Crippen LogP contribution >= 0.6 is 0 Å². The molecule has 4 N–H and O–H groups in total. The van der Waals surface area contributed by atoms with Gasteiger partial charge in [-0.15, -0.1) is 12.8 Å². The second-order valence-electron chi connectivity index (χ2n) is 9.24. The lowest BCUT2D eigenvalue weighted by Crippen LogP contribution is -2.09. The first-order chi connectivity index (χ1) is 19.4. The number of nitrogens with two attached hydrogens (primary N) is 1. The van der Waals surface area contributed by atoms with E-state index >= 15 is 4.39 Å². The van der Waals surface area contributed by atoms with Crippen molar-refractivity contribution in [1.29, 1.82) is 0 Å².